The average molecular weight is 262 g/mol. The van der Waals surface area contributed by atoms with E-state index >= 15 is 0 Å². The standard InChI is InChI=1S/C14H16ClN3/c1-9-10(2)14(15)17-16-13(9)11-5-7-12(8-6-11)18(3)4/h5-8H,1-4H3. The van der Waals surface area contributed by atoms with E-state index in [2.05, 4.69) is 39.4 Å². The van der Waals surface area contributed by atoms with E-state index in [1.807, 2.05) is 27.9 Å². The Balaban J connectivity index is 2.46. The number of rotatable bonds is 2. The molecule has 0 fully saturated rings. The van der Waals surface area contributed by atoms with Crippen LogP contribution in [0.2, 0.25) is 5.15 Å². The van der Waals surface area contributed by atoms with Crippen LogP contribution in [0.1, 0.15) is 11.1 Å². The summed E-state index contributed by atoms with van der Waals surface area (Å²) in [6.07, 6.45) is 0. The van der Waals surface area contributed by atoms with Crippen molar-refractivity contribution in [2.45, 2.75) is 13.8 Å². The lowest BCUT2D eigenvalue weighted by atomic mass is 10.0. The SMILES string of the molecule is Cc1c(Cl)nnc(-c2ccc(N(C)C)cc2)c1C. The summed E-state index contributed by atoms with van der Waals surface area (Å²) in [5.41, 5.74) is 5.17. The number of nitrogens with zero attached hydrogens (tertiary/aromatic N) is 3. The molecule has 1 aromatic heterocycles. The number of hydrogen-bond donors (Lipinski definition) is 0. The molecule has 0 N–H and O–H groups in total. The Morgan fingerprint density at radius 3 is 2.11 bits per heavy atom. The maximum Gasteiger partial charge on any atom is 0.154 e. The van der Waals surface area contributed by atoms with Gasteiger partial charge < -0.3 is 4.90 Å². The van der Waals surface area contributed by atoms with Crippen molar-refractivity contribution in [1.82, 2.24) is 10.2 Å². The van der Waals surface area contributed by atoms with Gasteiger partial charge in [0.05, 0.1) is 5.69 Å². The van der Waals surface area contributed by atoms with Gasteiger partial charge in [0.15, 0.2) is 5.15 Å². The highest BCUT2D eigenvalue weighted by Gasteiger charge is 2.10. The fraction of sp³-hybridized carbons (Fsp3) is 0.286. The number of hydrogen-bond acceptors (Lipinski definition) is 3. The van der Waals surface area contributed by atoms with Crippen molar-refractivity contribution in [2.75, 3.05) is 19.0 Å². The van der Waals surface area contributed by atoms with Crippen LogP contribution in [-0.4, -0.2) is 24.3 Å². The van der Waals surface area contributed by atoms with Crippen molar-refractivity contribution in [1.29, 1.82) is 0 Å². The fourth-order valence-electron chi connectivity index (χ4n) is 1.77. The quantitative estimate of drug-likeness (QED) is 0.829. The Kier molecular flexibility index (Phi) is 3.53. The molecule has 0 aliphatic rings. The molecule has 1 aromatic carbocycles. The van der Waals surface area contributed by atoms with E-state index in [1.165, 1.54) is 0 Å². The normalized spacial score (nSPS) is 10.5. The zero-order chi connectivity index (χ0) is 13.3. The van der Waals surface area contributed by atoms with Gasteiger partial charge in [0, 0.05) is 25.3 Å². The van der Waals surface area contributed by atoms with Crippen LogP contribution in [0.4, 0.5) is 5.69 Å². The van der Waals surface area contributed by atoms with E-state index in [0.717, 1.165) is 28.1 Å². The monoisotopic (exact) mass is 261 g/mol. The molecule has 94 valence electrons. The number of halogens is 1. The van der Waals surface area contributed by atoms with E-state index in [-0.39, 0.29) is 0 Å². The van der Waals surface area contributed by atoms with Crippen LogP contribution in [0.15, 0.2) is 24.3 Å². The predicted octanol–water partition coefficient (Wildman–Crippen LogP) is 3.48. The first-order valence-corrected chi connectivity index (χ1v) is 6.15. The number of anilines is 1. The first kappa shape index (κ1) is 12.8. The van der Waals surface area contributed by atoms with E-state index in [4.69, 9.17) is 11.6 Å². The van der Waals surface area contributed by atoms with Gasteiger partial charge in [-0.3, -0.25) is 0 Å². The van der Waals surface area contributed by atoms with Gasteiger partial charge in [-0.1, -0.05) is 23.7 Å². The van der Waals surface area contributed by atoms with Gasteiger partial charge in [-0.25, -0.2) is 0 Å². The van der Waals surface area contributed by atoms with Crippen LogP contribution in [0.5, 0.6) is 0 Å². The second-order valence-corrected chi connectivity index (χ2v) is 4.89. The summed E-state index contributed by atoms with van der Waals surface area (Å²) in [5.74, 6) is 0. The molecule has 2 rings (SSSR count). The Morgan fingerprint density at radius 1 is 0.944 bits per heavy atom. The van der Waals surface area contributed by atoms with E-state index < -0.39 is 0 Å². The number of benzene rings is 1. The third kappa shape index (κ3) is 2.31. The Morgan fingerprint density at radius 2 is 1.56 bits per heavy atom. The van der Waals surface area contributed by atoms with Crippen LogP contribution in [0.3, 0.4) is 0 Å². The van der Waals surface area contributed by atoms with Gasteiger partial charge in [0.1, 0.15) is 0 Å². The lowest BCUT2D eigenvalue weighted by Gasteiger charge is -2.13. The van der Waals surface area contributed by atoms with Gasteiger partial charge in [-0.2, -0.15) is 0 Å². The summed E-state index contributed by atoms with van der Waals surface area (Å²) in [7, 11) is 4.04. The van der Waals surface area contributed by atoms with Crippen LogP contribution in [0.25, 0.3) is 11.3 Å². The van der Waals surface area contributed by atoms with Crippen LogP contribution < -0.4 is 4.90 Å². The van der Waals surface area contributed by atoms with Crippen molar-refractivity contribution in [3.8, 4) is 11.3 Å². The molecule has 2 aromatic rings. The smallest absolute Gasteiger partial charge is 0.154 e. The molecular weight excluding hydrogens is 246 g/mol. The summed E-state index contributed by atoms with van der Waals surface area (Å²) in [5, 5.41) is 8.64. The van der Waals surface area contributed by atoms with E-state index in [1.54, 1.807) is 0 Å². The van der Waals surface area contributed by atoms with Crippen molar-refractivity contribution in [3.63, 3.8) is 0 Å². The molecule has 3 nitrogen and oxygen atoms in total. The average Bonchev–Trinajstić information content (AvgIpc) is 2.36. The molecule has 0 unspecified atom stereocenters. The predicted molar refractivity (Wildman–Crippen MR) is 76.3 cm³/mol. The van der Waals surface area contributed by atoms with Crippen molar-refractivity contribution in [3.05, 3.63) is 40.5 Å². The Labute approximate surface area is 112 Å². The lowest BCUT2D eigenvalue weighted by molar-refractivity contribution is 1.00. The van der Waals surface area contributed by atoms with Crippen molar-refractivity contribution in [2.24, 2.45) is 0 Å². The molecule has 0 aliphatic carbocycles. The van der Waals surface area contributed by atoms with Crippen molar-refractivity contribution < 1.29 is 0 Å². The van der Waals surface area contributed by atoms with Crippen LogP contribution in [0, 0.1) is 13.8 Å². The molecule has 4 heteroatoms. The largest absolute Gasteiger partial charge is 0.378 e. The highest BCUT2D eigenvalue weighted by Crippen LogP contribution is 2.27. The highest BCUT2D eigenvalue weighted by molar-refractivity contribution is 6.30. The zero-order valence-corrected chi connectivity index (χ0v) is 11.8. The fourth-order valence-corrected chi connectivity index (χ4v) is 1.95. The summed E-state index contributed by atoms with van der Waals surface area (Å²) < 4.78 is 0. The second kappa shape index (κ2) is 4.94. The Bertz CT molecular complexity index is 562. The van der Waals surface area contributed by atoms with Crippen LogP contribution >= 0.6 is 11.6 Å². The first-order chi connectivity index (χ1) is 8.50. The molecule has 18 heavy (non-hydrogen) atoms. The molecule has 1 heterocycles. The van der Waals surface area contributed by atoms with E-state index in [9.17, 15) is 0 Å². The zero-order valence-electron chi connectivity index (χ0n) is 11.0. The molecule has 0 saturated carbocycles. The third-order valence-electron chi connectivity index (χ3n) is 3.12. The topological polar surface area (TPSA) is 29.0 Å². The third-order valence-corrected chi connectivity index (χ3v) is 3.48. The summed E-state index contributed by atoms with van der Waals surface area (Å²) in [6, 6.07) is 8.25. The molecule has 0 amide bonds. The van der Waals surface area contributed by atoms with Gasteiger partial charge >= 0.3 is 0 Å². The molecule has 0 spiro atoms. The minimum atomic E-state index is 0.473. The van der Waals surface area contributed by atoms with Gasteiger partial charge in [0.2, 0.25) is 0 Å². The van der Waals surface area contributed by atoms with Gasteiger partial charge in [-0.15, -0.1) is 10.2 Å². The summed E-state index contributed by atoms with van der Waals surface area (Å²) in [6.45, 7) is 3.98. The maximum absolute atomic E-state index is 5.96. The molecule has 0 atom stereocenters. The molecular formula is C14H16ClN3. The van der Waals surface area contributed by atoms with Gasteiger partial charge in [-0.05, 0) is 37.1 Å². The molecule has 0 bridgehead atoms. The molecule has 0 saturated heterocycles. The minimum absolute atomic E-state index is 0.473. The summed E-state index contributed by atoms with van der Waals surface area (Å²) in [4.78, 5) is 2.06. The van der Waals surface area contributed by atoms with E-state index in [0.29, 0.717) is 5.15 Å². The first-order valence-electron chi connectivity index (χ1n) is 5.78. The maximum atomic E-state index is 5.96. The van der Waals surface area contributed by atoms with Crippen LogP contribution in [-0.2, 0) is 0 Å². The van der Waals surface area contributed by atoms with Gasteiger partial charge in [0.25, 0.3) is 0 Å². The lowest BCUT2D eigenvalue weighted by Crippen LogP contribution is -2.08. The summed E-state index contributed by atoms with van der Waals surface area (Å²) >= 11 is 5.96. The molecule has 0 aliphatic heterocycles. The Hall–Kier alpha value is -1.61. The highest BCUT2D eigenvalue weighted by atomic mass is 35.5. The van der Waals surface area contributed by atoms with Crippen molar-refractivity contribution >= 4 is 17.3 Å². The number of aromatic nitrogens is 2. The minimum Gasteiger partial charge on any atom is -0.378 e. The molecule has 0 radical (unpaired) electrons. The second-order valence-electron chi connectivity index (χ2n) is 4.53.